The molecular formula is C12H17N5O2S. The molecule has 0 spiro atoms. The molecule has 0 aliphatic carbocycles. The fourth-order valence-corrected chi connectivity index (χ4v) is 2.91. The van der Waals surface area contributed by atoms with Crippen molar-refractivity contribution in [3.8, 4) is 5.69 Å². The Balaban J connectivity index is 2.68. The molecule has 2 N–H and O–H groups in total. The van der Waals surface area contributed by atoms with Crippen LogP contribution in [-0.2, 0) is 10.0 Å². The highest BCUT2D eigenvalue weighted by Gasteiger charge is 2.22. The predicted octanol–water partition coefficient (Wildman–Crippen LogP) is 0.717. The summed E-state index contributed by atoms with van der Waals surface area (Å²) in [6, 6.07) is 4.83. The van der Waals surface area contributed by atoms with Gasteiger partial charge in [-0.3, -0.25) is 0 Å². The van der Waals surface area contributed by atoms with Crippen molar-refractivity contribution in [2.75, 3.05) is 19.8 Å². The molecule has 1 aromatic heterocycles. The number of hydrogen-bond acceptors (Lipinski definition) is 5. The molecule has 7 nitrogen and oxygen atoms in total. The second-order valence-electron chi connectivity index (χ2n) is 4.59. The first kappa shape index (κ1) is 14.5. The highest BCUT2D eigenvalue weighted by Crippen LogP contribution is 2.27. The number of nitrogen functional groups attached to an aromatic ring is 1. The van der Waals surface area contributed by atoms with Crippen molar-refractivity contribution in [3.63, 3.8) is 0 Å². The van der Waals surface area contributed by atoms with Gasteiger partial charge in [0.05, 0.1) is 11.4 Å². The minimum absolute atomic E-state index is 0.0625. The van der Waals surface area contributed by atoms with Gasteiger partial charge in [0, 0.05) is 14.1 Å². The van der Waals surface area contributed by atoms with Crippen LogP contribution < -0.4 is 5.73 Å². The van der Waals surface area contributed by atoms with Crippen molar-refractivity contribution in [2.24, 2.45) is 0 Å². The average molecular weight is 295 g/mol. The molecule has 1 aromatic carbocycles. The molecule has 0 amide bonds. The van der Waals surface area contributed by atoms with Crippen molar-refractivity contribution in [1.82, 2.24) is 19.1 Å². The summed E-state index contributed by atoms with van der Waals surface area (Å²) in [6.45, 7) is 3.55. The number of nitrogens with two attached hydrogens (primary N) is 1. The maximum absolute atomic E-state index is 12.2. The van der Waals surface area contributed by atoms with Crippen molar-refractivity contribution in [2.45, 2.75) is 18.7 Å². The number of para-hydroxylation sites is 1. The minimum atomic E-state index is -3.60. The molecular weight excluding hydrogens is 278 g/mol. The molecule has 20 heavy (non-hydrogen) atoms. The number of aromatic nitrogens is 3. The molecule has 0 atom stereocenters. The Morgan fingerprint density at radius 2 is 1.90 bits per heavy atom. The van der Waals surface area contributed by atoms with Gasteiger partial charge in [-0.25, -0.2) is 22.4 Å². The van der Waals surface area contributed by atoms with Crippen LogP contribution in [0.3, 0.4) is 0 Å². The number of aryl methyl sites for hydroxylation is 2. The van der Waals surface area contributed by atoms with Gasteiger partial charge in [0.15, 0.2) is 0 Å². The number of anilines is 1. The Morgan fingerprint density at radius 1 is 1.25 bits per heavy atom. The van der Waals surface area contributed by atoms with Crippen LogP contribution in [0.4, 0.5) is 5.69 Å². The third-order valence-electron chi connectivity index (χ3n) is 2.90. The van der Waals surface area contributed by atoms with E-state index in [9.17, 15) is 8.42 Å². The van der Waals surface area contributed by atoms with E-state index in [2.05, 4.69) is 10.1 Å². The number of rotatable bonds is 3. The van der Waals surface area contributed by atoms with E-state index in [1.165, 1.54) is 20.2 Å². The second kappa shape index (κ2) is 4.88. The normalized spacial score (nSPS) is 12.1. The topological polar surface area (TPSA) is 94.1 Å². The van der Waals surface area contributed by atoms with Gasteiger partial charge in [-0.15, -0.1) is 0 Å². The molecule has 108 valence electrons. The third-order valence-corrected chi connectivity index (χ3v) is 4.78. The molecule has 8 heteroatoms. The van der Waals surface area contributed by atoms with Gasteiger partial charge in [0.1, 0.15) is 16.5 Å². The van der Waals surface area contributed by atoms with E-state index in [1.54, 1.807) is 30.7 Å². The Labute approximate surface area is 118 Å². The summed E-state index contributed by atoms with van der Waals surface area (Å²) in [5.74, 6) is 1.25. The van der Waals surface area contributed by atoms with Crippen LogP contribution in [0.5, 0.6) is 0 Å². The fraction of sp³-hybridized carbons (Fsp3) is 0.333. The smallest absolute Gasteiger partial charge is 0.244 e. The monoisotopic (exact) mass is 295 g/mol. The molecule has 0 saturated carbocycles. The lowest BCUT2D eigenvalue weighted by atomic mass is 10.2. The summed E-state index contributed by atoms with van der Waals surface area (Å²) in [7, 11) is -0.668. The summed E-state index contributed by atoms with van der Waals surface area (Å²) in [5.41, 5.74) is 6.69. The second-order valence-corrected chi connectivity index (χ2v) is 6.71. The number of sulfonamides is 1. The summed E-state index contributed by atoms with van der Waals surface area (Å²) in [6.07, 6.45) is 0. The molecule has 2 aromatic rings. The molecule has 1 heterocycles. The van der Waals surface area contributed by atoms with Gasteiger partial charge in [-0.2, -0.15) is 5.10 Å². The SMILES string of the molecule is Cc1nc(C)n(-c2cccc(S(=O)(=O)N(C)C)c2N)n1. The first-order valence-electron chi connectivity index (χ1n) is 5.97. The van der Waals surface area contributed by atoms with Crippen molar-refractivity contribution >= 4 is 15.7 Å². The van der Waals surface area contributed by atoms with Gasteiger partial charge in [-0.1, -0.05) is 6.07 Å². The van der Waals surface area contributed by atoms with Gasteiger partial charge in [0.2, 0.25) is 10.0 Å². The lowest BCUT2D eigenvalue weighted by molar-refractivity contribution is 0.521. The van der Waals surface area contributed by atoms with Crippen molar-refractivity contribution in [3.05, 3.63) is 29.8 Å². The van der Waals surface area contributed by atoms with Crippen LogP contribution in [0.25, 0.3) is 5.69 Å². The molecule has 2 rings (SSSR count). The van der Waals surface area contributed by atoms with Crippen LogP contribution in [0.2, 0.25) is 0 Å². The van der Waals surface area contributed by atoms with Crippen LogP contribution in [0.1, 0.15) is 11.6 Å². The Bertz CT molecular complexity index is 749. The van der Waals surface area contributed by atoms with E-state index < -0.39 is 10.0 Å². The van der Waals surface area contributed by atoms with Crippen LogP contribution in [0, 0.1) is 13.8 Å². The van der Waals surface area contributed by atoms with E-state index in [4.69, 9.17) is 5.73 Å². The molecule has 0 bridgehead atoms. The lowest BCUT2D eigenvalue weighted by Gasteiger charge is -2.15. The minimum Gasteiger partial charge on any atom is -0.396 e. The fourth-order valence-electron chi connectivity index (χ4n) is 1.89. The first-order valence-corrected chi connectivity index (χ1v) is 7.41. The van der Waals surface area contributed by atoms with E-state index in [0.717, 1.165) is 4.31 Å². The van der Waals surface area contributed by atoms with Crippen LogP contribution >= 0.6 is 0 Å². The zero-order chi connectivity index (χ0) is 15.1. The van der Waals surface area contributed by atoms with E-state index >= 15 is 0 Å². The van der Waals surface area contributed by atoms with E-state index in [-0.39, 0.29) is 10.6 Å². The van der Waals surface area contributed by atoms with Crippen molar-refractivity contribution < 1.29 is 8.42 Å². The standard InChI is InChI=1S/C12H17N5O2S/c1-8-14-9(2)17(15-8)10-6-5-7-11(12(10)13)20(18,19)16(3)4/h5-7H,13H2,1-4H3. The molecule has 0 radical (unpaired) electrons. The van der Waals surface area contributed by atoms with Crippen LogP contribution in [0.15, 0.2) is 23.1 Å². The highest BCUT2D eigenvalue weighted by molar-refractivity contribution is 7.89. The molecule has 0 unspecified atom stereocenters. The summed E-state index contributed by atoms with van der Waals surface area (Å²) >= 11 is 0. The largest absolute Gasteiger partial charge is 0.396 e. The Hall–Kier alpha value is -1.93. The summed E-state index contributed by atoms with van der Waals surface area (Å²) < 4.78 is 27.1. The number of benzene rings is 1. The molecule has 0 saturated heterocycles. The first-order chi connectivity index (χ1) is 9.25. The molecule has 0 aliphatic heterocycles. The lowest BCUT2D eigenvalue weighted by Crippen LogP contribution is -2.23. The quantitative estimate of drug-likeness (QED) is 0.842. The average Bonchev–Trinajstić information content (AvgIpc) is 2.68. The maximum Gasteiger partial charge on any atom is 0.244 e. The Kier molecular flexibility index (Phi) is 3.53. The zero-order valence-corrected chi connectivity index (χ0v) is 12.6. The summed E-state index contributed by atoms with van der Waals surface area (Å²) in [4.78, 5) is 4.25. The highest BCUT2D eigenvalue weighted by atomic mass is 32.2. The third kappa shape index (κ3) is 2.27. The van der Waals surface area contributed by atoms with Crippen molar-refractivity contribution in [1.29, 1.82) is 0 Å². The zero-order valence-electron chi connectivity index (χ0n) is 11.8. The van der Waals surface area contributed by atoms with Gasteiger partial charge < -0.3 is 5.73 Å². The van der Waals surface area contributed by atoms with Gasteiger partial charge >= 0.3 is 0 Å². The van der Waals surface area contributed by atoms with E-state index in [0.29, 0.717) is 17.3 Å². The number of hydrogen-bond donors (Lipinski definition) is 1. The summed E-state index contributed by atoms with van der Waals surface area (Å²) in [5, 5.41) is 4.23. The van der Waals surface area contributed by atoms with Crippen LogP contribution in [-0.4, -0.2) is 41.6 Å². The maximum atomic E-state index is 12.2. The molecule has 0 aliphatic rings. The van der Waals surface area contributed by atoms with Gasteiger partial charge in [-0.05, 0) is 26.0 Å². The predicted molar refractivity (Wildman–Crippen MR) is 76.1 cm³/mol. The number of nitrogens with zero attached hydrogens (tertiary/aromatic N) is 4. The molecule has 0 fully saturated rings. The Morgan fingerprint density at radius 3 is 2.40 bits per heavy atom. The van der Waals surface area contributed by atoms with Gasteiger partial charge in [0.25, 0.3) is 0 Å². The van der Waals surface area contributed by atoms with E-state index in [1.807, 2.05) is 0 Å².